The number of benzene rings is 4. The van der Waals surface area contributed by atoms with Crippen LogP contribution in [0.2, 0.25) is 0 Å². The summed E-state index contributed by atoms with van der Waals surface area (Å²) >= 11 is -2.33. The fraction of sp³-hybridized carbons (Fsp3) is 0. The van der Waals surface area contributed by atoms with Crippen LogP contribution in [-0.2, 0) is 0 Å². The molecule has 25 heavy (non-hydrogen) atoms. The minimum atomic E-state index is -2.33. The van der Waals surface area contributed by atoms with Gasteiger partial charge in [0.15, 0.2) is 0 Å². The molecule has 0 heterocycles. The second kappa shape index (κ2) is 7.76. The third-order valence-electron chi connectivity index (χ3n) is 4.26. The molecule has 0 N–H and O–H groups in total. The second-order valence-corrected chi connectivity index (χ2v) is 14.4. The summed E-state index contributed by atoms with van der Waals surface area (Å²) < 4.78 is 4.58. The van der Waals surface area contributed by atoms with Gasteiger partial charge in [-0.15, -0.1) is 0 Å². The van der Waals surface area contributed by atoms with Crippen molar-refractivity contribution in [1.29, 1.82) is 0 Å². The average molecular weight is 516 g/mol. The quantitative estimate of drug-likeness (QED) is 0.362. The van der Waals surface area contributed by atoms with Crippen LogP contribution in [-0.4, -0.2) is 21.8 Å². The molecule has 0 amide bonds. The molecule has 0 bridgehead atoms. The average Bonchev–Trinajstić information content (AvgIpc) is 2.71. The normalized spacial score (nSPS) is 10.8. The van der Waals surface area contributed by atoms with Gasteiger partial charge in [0, 0.05) is 0 Å². The van der Waals surface area contributed by atoms with E-state index in [-0.39, 0.29) is 0 Å². The van der Waals surface area contributed by atoms with Gasteiger partial charge in [-0.2, -0.15) is 0 Å². The molecule has 4 aromatic rings. The Kier molecular flexibility index (Phi) is 5.04. The molecule has 0 radical (unpaired) electrons. The van der Waals surface area contributed by atoms with E-state index in [1.54, 1.807) is 3.27 Å². The Bertz CT molecular complexity index is 892. The van der Waals surface area contributed by atoms with Crippen molar-refractivity contribution in [2.45, 2.75) is 0 Å². The van der Waals surface area contributed by atoms with Crippen LogP contribution in [0.5, 0.6) is 0 Å². The molecule has 0 saturated carbocycles. The van der Waals surface area contributed by atoms with Gasteiger partial charge in [-0.25, -0.2) is 0 Å². The Hall–Kier alpha value is -2.24. The molecular formula is C24H19Bi. The first-order valence-electron chi connectivity index (χ1n) is 8.48. The Labute approximate surface area is 157 Å². The van der Waals surface area contributed by atoms with E-state index >= 15 is 0 Å². The number of hydrogen-bond donors (Lipinski definition) is 0. The van der Waals surface area contributed by atoms with Gasteiger partial charge in [-0.05, 0) is 0 Å². The van der Waals surface area contributed by atoms with Crippen LogP contribution >= 0.6 is 0 Å². The van der Waals surface area contributed by atoms with Crippen molar-refractivity contribution in [3.8, 4) is 11.1 Å². The SMILES string of the molecule is c1ccc(-c2cccc[c]2[Bi]([c]2ccccc2)[c]2ccccc2)cc1. The molecule has 0 aliphatic carbocycles. The van der Waals surface area contributed by atoms with Crippen LogP contribution in [0.1, 0.15) is 0 Å². The molecule has 1 heteroatoms. The van der Waals surface area contributed by atoms with Gasteiger partial charge in [0.25, 0.3) is 0 Å². The van der Waals surface area contributed by atoms with Gasteiger partial charge in [0.2, 0.25) is 0 Å². The summed E-state index contributed by atoms with van der Waals surface area (Å²) in [5.41, 5.74) is 2.69. The van der Waals surface area contributed by atoms with Crippen LogP contribution in [0, 0.1) is 0 Å². The van der Waals surface area contributed by atoms with E-state index in [2.05, 4.69) is 115 Å². The zero-order valence-electron chi connectivity index (χ0n) is 13.9. The van der Waals surface area contributed by atoms with Gasteiger partial charge in [-0.1, -0.05) is 0 Å². The van der Waals surface area contributed by atoms with E-state index in [4.69, 9.17) is 0 Å². The van der Waals surface area contributed by atoms with Gasteiger partial charge in [0.1, 0.15) is 0 Å². The van der Waals surface area contributed by atoms with Crippen LogP contribution < -0.4 is 9.81 Å². The third kappa shape index (κ3) is 3.57. The van der Waals surface area contributed by atoms with E-state index in [0.29, 0.717) is 0 Å². The molecular weight excluding hydrogens is 497 g/mol. The Balaban J connectivity index is 1.93. The van der Waals surface area contributed by atoms with Crippen LogP contribution in [0.15, 0.2) is 115 Å². The Morgan fingerprint density at radius 2 is 0.840 bits per heavy atom. The van der Waals surface area contributed by atoms with E-state index in [0.717, 1.165) is 0 Å². The maximum atomic E-state index is 2.35. The fourth-order valence-electron chi connectivity index (χ4n) is 3.11. The summed E-state index contributed by atoms with van der Waals surface area (Å²) in [6, 6.07) is 41.9. The van der Waals surface area contributed by atoms with Gasteiger partial charge in [-0.3, -0.25) is 0 Å². The fourth-order valence-corrected chi connectivity index (χ4v) is 12.7. The molecule has 120 valence electrons. The summed E-state index contributed by atoms with van der Waals surface area (Å²) in [7, 11) is 0. The van der Waals surface area contributed by atoms with Crippen molar-refractivity contribution in [1.82, 2.24) is 0 Å². The summed E-state index contributed by atoms with van der Waals surface area (Å²) in [4.78, 5) is 0. The summed E-state index contributed by atoms with van der Waals surface area (Å²) in [5, 5.41) is 0. The molecule has 0 aliphatic heterocycles. The third-order valence-corrected chi connectivity index (χ3v) is 14.0. The molecule has 4 rings (SSSR count). The van der Waals surface area contributed by atoms with Crippen molar-refractivity contribution in [2.75, 3.05) is 0 Å². The summed E-state index contributed by atoms with van der Waals surface area (Å²) in [5.74, 6) is 0. The first kappa shape index (κ1) is 16.2. The zero-order chi connectivity index (χ0) is 16.9. The predicted octanol–water partition coefficient (Wildman–Crippen LogP) is 3.87. The Morgan fingerprint density at radius 3 is 1.40 bits per heavy atom. The summed E-state index contributed by atoms with van der Waals surface area (Å²) in [6.45, 7) is 0. The maximum absolute atomic E-state index is 2.35. The van der Waals surface area contributed by atoms with E-state index in [9.17, 15) is 0 Å². The van der Waals surface area contributed by atoms with Crippen molar-refractivity contribution < 1.29 is 0 Å². The van der Waals surface area contributed by atoms with E-state index < -0.39 is 21.8 Å². The molecule has 0 aliphatic rings. The second-order valence-electron chi connectivity index (χ2n) is 5.89. The van der Waals surface area contributed by atoms with Crippen molar-refractivity contribution in [3.05, 3.63) is 115 Å². The van der Waals surface area contributed by atoms with Crippen molar-refractivity contribution >= 4 is 31.6 Å². The molecule has 0 saturated heterocycles. The first-order valence-corrected chi connectivity index (χ1v) is 13.7. The Morgan fingerprint density at radius 1 is 0.400 bits per heavy atom. The van der Waals surface area contributed by atoms with Gasteiger partial charge < -0.3 is 0 Å². The molecule has 0 fully saturated rings. The molecule has 0 unspecified atom stereocenters. The van der Waals surface area contributed by atoms with Crippen LogP contribution in [0.4, 0.5) is 0 Å². The molecule has 4 aromatic carbocycles. The first-order chi connectivity index (χ1) is 12.4. The monoisotopic (exact) mass is 516 g/mol. The van der Waals surface area contributed by atoms with Crippen molar-refractivity contribution in [2.24, 2.45) is 0 Å². The zero-order valence-corrected chi connectivity index (χ0v) is 17.4. The van der Waals surface area contributed by atoms with Gasteiger partial charge in [0.05, 0.1) is 0 Å². The minimum absolute atomic E-state index is 1.31. The van der Waals surface area contributed by atoms with E-state index in [1.165, 1.54) is 17.7 Å². The summed E-state index contributed by atoms with van der Waals surface area (Å²) in [6.07, 6.45) is 0. The predicted molar refractivity (Wildman–Crippen MR) is 109 cm³/mol. The molecule has 0 atom stereocenters. The van der Waals surface area contributed by atoms with E-state index in [1.807, 2.05) is 0 Å². The molecule has 0 nitrogen and oxygen atoms in total. The van der Waals surface area contributed by atoms with Gasteiger partial charge >= 0.3 is 158 Å². The van der Waals surface area contributed by atoms with Crippen LogP contribution in [0.25, 0.3) is 11.1 Å². The number of rotatable bonds is 4. The van der Waals surface area contributed by atoms with Crippen molar-refractivity contribution in [3.63, 3.8) is 0 Å². The number of hydrogen-bond acceptors (Lipinski definition) is 0. The topological polar surface area (TPSA) is 0 Å². The molecule has 0 aromatic heterocycles. The van der Waals surface area contributed by atoms with Crippen LogP contribution in [0.3, 0.4) is 0 Å². The standard InChI is InChI=1S/C12H9.2C6H5.Bi/c1-3-7-11(8-4-1)12-9-5-2-6-10-12;2*1-2-4-6-5-3-1;/h1-9H;2*1-5H;. The molecule has 0 spiro atoms.